The highest BCUT2D eigenvalue weighted by Gasteiger charge is 2.24. The lowest BCUT2D eigenvalue weighted by Crippen LogP contribution is -2.40. The summed E-state index contributed by atoms with van der Waals surface area (Å²) in [7, 11) is -3.71. The molecular formula is C18H23N3O3S. The molecule has 0 aliphatic heterocycles. The Morgan fingerprint density at radius 3 is 2.32 bits per heavy atom. The van der Waals surface area contributed by atoms with Gasteiger partial charge in [0.25, 0.3) is 5.91 Å². The van der Waals surface area contributed by atoms with Crippen molar-refractivity contribution in [2.75, 3.05) is 11.1 Å². The van der Waals surface area contributed by atoms with Crippen molar-refractivity contribution in [1.82, 2.24) is 4.72 Å². The minimum Gasteiger partial charge on any atom is -0.398 e. The van der Waals surface area contributed by atoms with E-state index in [1.54, 1.807) is 64.1 Å². The second-order valence-corrected chi connectivity index (χ2v) is 8.53. The third kappa shape index (κ3) is 4.80. The van der Waals surface area contributed by atoms with Gasteiger partial charge in [-0.3, -0.25) is 4.79 Å². The number of anilines is 2. The minimum atomic E-state index is -3.71. The van der Waals surface area contributed by atoms with E-state index < -0.39 is 21.5 Å². The molecule has 7 heteroatoms. The SMILES string of the molecule is Cc1ccc(NC(=O)c2ccccc2N)cc1S(=O)(=O)NC(C)(C)C. The molecule has 0 aromatic heterocycles. The summed E-state index contributed by atoms with van der Waals surface area (Å²) < 4.78 is 27.8. The van der Waals surface area contributed by atoms with E-state index in [0.717, 1.165) is 0 Å². The number of carbonyl (C=O) groups excluding carboxylic acids is 1. The van der Waals surface area contributed by atoms with Gasteiger partial charge in [0.05, 0.1) is 10.5 Å². The van der Waals surface area contributed by atoms with Crippen LogP contribution in [0.1, 0.15) is 36.7 Å². The maximum atomic E-state index is 12.6. The first kappa shape index (κ1) is 19.0. The predicted octanol–water partition coefficient (Wildman–Crippen LogP) is 2.91. The van der Waals surface area contributed by atoms with Crippen LogP contribution in [0.25, 0.3) is 0 Å². The van der Waals surface area contributed by atoms with Crippen molar-refractivity contribution in [1.29, 1.82) is 0 Å². The number of nitrogens with one attached hydrogen (secondary N) is 2. The number of hydrogen-bond acceptors (Lipinski definition) is 4. The first-order chi connectivity index (χ1) is 11.5. The summed E-state index contributed by atoms with van der Waals surface area (Å²) >= 11 is 0. The van der Waals surface area contributed by atoms with Gasteiger partial charge < -0.3 is 11.1 Å². The van der Waals surface area contributed by atoms with E-state index in [0.29, 0.717) is 22.5 Å². The van der Waals surface area contributed by atoms with E-state index >= 15 is 0 Å². The third-order valence-electron chi connectivity index (χ3n) is 3.38. The van der Waals surface area contributed by atoms with Crippen LogP contribution < -0.4 is 15.8 Å². The fourth-order valence-electron chi connectivity index (χ4n) is 2.33. The van der Waals surface area contributed by atoms with Crippen LogP contribution in [-0.4, -0.2) is 19.9 Å². The Morgan fingerprint density at radius 1 is 1.08 bits per heavy atom. The van der Waals surface area contributed by atoms with Gasteiger partial charge in [0.1, 0.15) is 0 Å². The van der Waals surface area contributed by atoms with Crippen molar-refractivity contribution in [3.63, 3.8) is 0 Å². The second kappa shape index (κ2) is 6.85. The van der Waals surface area contributed by atoms with Crippen molar-refractivity contribution < 1.29 is 13.2 Å². The number of nitrogen functional groups attached to an aromatic ring is 1. The van der Waals surface area contributed by atoms with Crippen LogP contribution >= 0.6 is 0 Å². The average Bonchev–Trinajstić information content (AvgIpc) is 2.47. The maximum Gasteiger partial charge on any atom is 0.257 e. The fourth-order valence-corrected chi connectivity index (χ4v) is 4.02. The van der Waals surface area contributed by atoms with Gasteiger partial charge in [-0.1, -0.05) is 18.2 Å². The van der Waals surface area contributed by atoms with Gasteiger partial charge in [0.15, 0.2) is 0 Å². The van der Waals surface area contributed by atoms with Gasteiger partial charge >= 0.3 is 0 Å². The van der Waals surface area contributed by atoms with Gasteiger partial charge in [0.2, 0.25) is 10.0 Å². The van der Waals surface area contributed by atoms with Crippen LogP contribution in [-0.2, 0) is 10.0 Å². The highest BCUT2D eigenvalue weighted by atomic mass is 32.2. The number of aryl methyl sites for hydroxylation is 1. The number of rotatable bonds is 4. The smallest absolute Gasteiger partial charge is 0.257 e. The molecule has 1 amide bonds. The molecule has 2 aromatic rings. The molecule has 134 valence electrons. The highest BCUT2D eigenvalue weighted by Crippen LogP contribution is 2.22. The molecule has 0 saturated heterocycles. The maximum absolute atomic E-state index is 12.6. The van der Waals surface area contributed by atoms with Crippen LogP contribution in [0.15, 0.2) is 47.4 Å². The molecule has 0 spiro atoms. The van der Waals surface area contributed by atoms with E-state index in [1.165, 1.54) is 6.07 Å². The van der Waals surface area contributed by atoms with Crippen molar-refractivity contribution in [3.8, 4) is 0 Å². The van der Waals surface area contributed by atoms with E-state index in [2.05, 4.69) is 10.0 Å². The summed E-state index contributed by atoms with van der Waals surface area (Å²) in [6.45, 7) is 7.01. The van der Waals surface area contributed by atoms with Crippen molar-refractivity contribution >= 4 is 27.3 Å². The summed E-state index contributed by atoms with van der Waals surface area (Å²) in [4.78, 5) is 12.5. The number of nitrogens with two attached hydrogens (primary N) is 1. The number of benzene rings is 2. The summed E-state index contributed by atoms with van der Waals surface area (Å²) in [5.74, 6) is -0.394. The summed E-state index contributed by atoms with van der Waals surface area (Å²) in [6.07, 6.45) is 0. The summed E-state index contributed by atoms with van der Waals surface area (Å²) in [5, 5.41) is 2.69. The van der Waals surface area contributed by atoms with Gasteiger partial charge in [0, 0.05) is 16.9 Å². The number of amides is 1. The van der Waals surface area contributed by atoms with Crippen LogP contribution in [0.3, 0.4) is 0 Å². The Kier molecular flexibility index (Phi) is 5.20. The Labute approximate surface area is 148 Å². The van der Waals surface area contributed by atoms with Crippen LogP contribution in [0, 0.1) is 6.92 Å². The summed E-state index contributed by atoms with van der Waals surface area (Å²) in [5.41, 5.74) is 6.86. The normalized spacial score (nSPS) is 12.0. The van der Waals surface area contributed by atoms with Gasteiger partial charge in [-0.05, 0) is 57.5 Å². The minimum absolute atomic E-state index is 0.126. The molecular weight excluding hydrogens is 338 g/mol. The van der Waals surface area contributed by atoms with Gasteiger partial charge in [-0.2, -0.15) is 0 Å². The second-order valence-electron chi connectivity index (χ2n) is 6.88. The standard InChI is InChI=1S/C18H23N3O3S/c1-12-9-10-13(11-16(12)25(23,24)21-18(2,3)4)20-17(22)14-7-5-6-8-15(14)19/h5-11,21H,19H2,1-4H3,(H,20,22). The van der Waals surface area contributed by atoms with Gasteiger partial charge in [-0.15, -0.1) is 0 Å². The molecule has 25 heavy (non-hydrogen) atoms. The lowest BCUT2D eigenvalue weighted by molar-refractivity contribution is 0.102. The Hall–Kier alpha value is -2.38. The van der Waals surface area contributed by atoms with Gasteiger partial charge in [-0.25, -0.2) is 13.1 Å². The number of carbonyl (C=O) groups is 1. The van der Waals surface area contributed by atoms with Crippen molar-refractivity contribution in [2.24, 2.45) is 0 Å². The molecule has 0 atom stereocenters. The fraction of sp³-hybridized carbons (Fsp3) is 0.278. The molecule has 0 heterocycles. The van der Waals surface area contributed by atoms with E-state index in [-0.39, 0.29) is 4.90 Å². The highest BCUT2D eigenvalue weighted by molar-refractivity contribution is 7.89. The zero-order chi connectivity index (χ0) is 18.8. The Morgan fingerprint density at radius 2 is 1.72 bits per heavy atom. The molecule has 0 radical (unpaired) electrons. The number of sulfonamides is 1. The lowest BCUT2D eigenvalue weighted by Gasteiger charge is -2.21. The zero-order valence-electron chi connectivity index (χ0n) is 14.8. The Balaban J connectivity index is 2.33. The molecule has 0 unspecified atom stereocenters. The van der Waals surface area contributed by atoms with E-state index in [9.17, 15) is 13.2 Å². The number of hydrogen-bond donors (Lipinski definition) is 3. The Bertz CT molecular complexity index is 900. The molecule has 0 aliphatic carbocycles. The molecule has 0 fully saturated rings. The molecule has 6 nitrogen and oxygen atoms in total. The molecule has 0 aliphatic rings. The van der Waals surface area contributed by atoms with Crippen LogP contribution in [0.4, 0.5) is 11.4 Å². The average molecular weight is 361 g/mol. The topological polar surface area (TPSA) is 101 Å². The van der Waals surface area contributed by atoms with E-state index in [4.69, 9.17) is 5.73 Å². The first-order valence-corrected chi connectivity index (χ1v) is 9.28. The molecule has 4 N–H and O–H groups in total. The van der Waals surface area contributed by atoms with E-state index in [1.807, 2.05) is 0 Å². The largest absolute Gasteiger partial charge is 0.398 e. The zero-order valence-corrected chi connectivity index (χ0v) is 15.6. The molecule has 0 bridgehead atoms. The van der Waals surface area contributed by atoms with Crippen LogP contribution in [0.2, 0.25) is 0 Å². The van der Waals surface area contributed by atoms with Crippen LogP contribution in [0.5, 0.6) is 0 Å². The monoisotopic (exact) mass is 361 g/mol. The molecule has 2 rings (SSSR count). The first-order valence-electron chi connectivity index (χ1n) is 7.80. The number of para-hydroxylation sites is 1. The summed E-state index contributed by atoms with van der Waals surface area (Å²) in [6, 6.07) is 11.4. The van der Waals surface area contributed by atoms with Crippen molar-refractivity contribution in [2.45, 2.75) is 38.1 Å². The molecule has 0 saturated carbocycles. The third-order valence-corrected chi connectivity index (χ3v) is 5.28. The predicted molar refractivity (Wildman–Crippen MR) is 100 cm³/mol. The molecule has 2 aromatic carbocycles. The van der Waals surface area contributed by atoms with Crippen molar-refractivity contribution in [3.05, 3.63) is 53.6 Å². The lowest BCUT2D eigenvalue weighted by atomic mass is 10.1. The quantitative estimate of drug-likeness (QED) is 0.729.